The number of hydrogen-bond donors (Lipinski definition) is 3. The van der Waals surface area contributed by atoms with Crippen LogP contribution in [0.4, 0.5) is 0 Å². The minimum atomic E-state index is -0.228. The first-order valence-corrected chi connectivity index (χ1v) is 4.38. The largest absolute Gasteiger partial charge is 0.409 e. The first kappa shape index (κ1) is 11.0. The SMILES string of the molecule is NC(CCNC(=O)c1cccnc1)=NO. The van der Waals surface area contributed by atoms with Gasteiger partial charge in [0.2, 0.25) is 0 Å². The highest BCUT2D eigenvalue weighted by Gasteiger charge is 2.03. The number of amides is 1. The van der Waals surface area contributed by atoms with E-state index >= 15 is 0 Å². The van der Waals surface area contributed by atoms with Crippen molar-refractivity contribution in [3.8, 4) is 0 Å². The Labute approximate surface area is 86.8 Å². The van der Waals surface area contributed by atoms with Crippen LogP contribution >= 0.6 is 0 Å². The van der Waals surface area contributed by atoms with E-state index in [1.54, 1.807) is 18.3 Å². The topological polar surface area (TPSA) is 101 Å². The van der Waals surface area contributed by atoms with E-state index in [1.165, 1.54) is 6.20 Å². The quantitative estimate of drug-likeness (QED) is 0.279. The summed E-state index contributed by atoms with van der Waals surface area (Å²) in [7, 11) is 0. The van der Waals surface area contributed by atoms with Crippen LogP contribution in [0, 0.1) is 0 Å². The standard InChI is InChI=1S/C9H12N4O2/c10-8(13-15)3-5-12-9(14)7-2-1-4-11-6-7/h1-2,4,6,15H,3,5H2,(H2,10,13)(H,12,14). The number of oxime groups is 1. The molecule has 0 fully saturated rings. The summed E-state index contributed by atoms with van der Waals surface area (Å²) in [5.41, 5.74) is 5.72. The van der Waals surface area contributed by atoms with E-state index in [4.69, 9.17) is 10.9 Å². The fraction of sp³-hybridized carbons (Fsp3) is 0.222. The number of amidine groups is 1. The predicted molar refractivity (Wildman–Crippen MR) is 54.6 cm³/mol. The van der Waals surface area contributed by atoms with Gasteiger partial charge in [-0.05, 0) is 12.1 Å². The summed E-state index contributed by atoms with van der Waals surface area (Å²) >= 11 is 0. The van der Waals surface area contributed by atoms with E-state index in [9.17, 15) is 4.79 Å². The molecule has 0 aliphatic heterocycles. The molecule has 1 aromatic heterocycles. The Morgan fingerprint density at radius 2 is 2.47 bits per heavy atom. The van der Waals surface area contributed by atoms with Crippen molar-refractivity contribution in [1.82, 2.24) is 10.3 Å². The molecule has 0 aromatic carbocycles. The number of carbonyl (C=O) groups is 1. The molecule has 15 heavy (non-hydrogen) atoms. The summed E-state index contributed by atoms with van der Waals surface area (Å²) in [6, 6.07) is 3.34. The van der Waals surface area contributed by atoms with E-state index in [1.807, 2.05) is 0 Å². The van der Waals surface area contributed by atoms with Crippen LogP contribution in [0.3, 0.4) is 0 Å². The summed E-state index contributed by atoms with van der Waals surface area (Å²) in [5, 5.41) is 13.7. The van der Waals surface area contributed by atoms with E-state index in [-0.39, 0.29) is 11.7 Å². The van der Waals surface area contributed by atoms with E-state index < -0.39 is 0 Å². The minimum Gasteiger partial charge on any atom is -0.409 e. The van der Waals surface area contributed by atoms with E-state index in [0.29, 0.717) is 18.5 Å². The van der Waals surface area contributed by atoms with Crippen LogP contribution in [0.15, 0.2) is 29.7 Å². The van der Waals surface area contributed by atoms with E-state index in [2.05, 4.69) is 15.5 Å². The van der Waals surface area contributed by atoms with Crippen molar-refractivity contribution >= 4 is 11.7 Å². The molecular formula is C9H12N4O2. The lowest BCUT2D eigenvalue weighted by atomic mass is 10.2. The molecule has 1 aromatic rings. The van der Waals surface area contributed by atoms with Gasteiger partial charge in [0.25, 0.3) is 5.91 Å². The Morgan fingerprint density at radius 3 is 3.07 bits per heavy atom. The molecule has 0 saturated carbocycles. The molecule has 0 unspecified atom stereocenters. The zero-order chi connectivity index (χ0) is 11.1. The number of hydrogen-bond acceptors (Lipinski definition) is 4. The van der Waals surface area contributed by atoms with Crippen molar-refractivity contribution < 1.29 is 10.0 Å². The normalized spacial score (nSPS) is 11.1. The fourth-order valence-electron chi connectivity index (χ4n) is 0.953. The smallest absolute Gasteiger partial charge is 0.252 e. The molecule has 0 aliphatic carbocycles. The van der Waals surface area contributed by atoms with Crippen LogP contribution in [-0.4, -0.2) is 28.5 Å². The van der Waals surface area contributed by atoms with Gasteiger partial charge in [-0.2, -0.15) is 0 Å². The molecule has 1 heterocycles. The Hall–Kier alpha value is -2.11. The lowest BCUT2D eigenvalue weighted by molar-refractivity contribution is 0.0954. The summed E-state index contributed by atoms with van der Waals surface area (Å²) in [5.74, 6) is -0.143. The third-order valence-corrected chi connectivity index (χ3v) is 1.72. The summed E-state index contributed by atoms with van der Waals surface area (Å²) < 4.78 is 0. The van der Waals surface area contributed by atoms with Gasteiger partial charge in [0.15, 0.2) is 0 Å². The second-order valence-corrected chi connectivity index (χ2v) is 2.84. The molecule has 0 saturated heterocycles. The van der Waals surface area contributed by atoms with Gasteiger partial charge in [0, 0.05) is 25.4 Å². The van der Waals surface area contributed by atoms with Crippen LogP contribution in [0.25, 0.3) is 0 Å². The maximum Gasteiger partial charge on any atom is 0.252 e. The zero-order valence-corrected chi connectivity index (χ0v) is 8.05. The van der Waals surface area contributed by atoms with Gasteiger partial charge >= 0.3 is 0 Å². The predicted octanol–water partition coefficient (Wildman–Crippen LogP) is -0.0521. The summed E-state index contributed by atoms with van der Waals surface area (Å²) in [6.45, 7) is 0.323. The molecule has 6 nitrogen and oxygen atoms in total. The molecular weight excluding hydrogens is 196 g/mol. The van der Waals surface area contributed by atoms with Crippen molar-refractivity contribution in [3.63, 3.8) is 0 Å². The first-order valence-electron chi connectivity index (χ1n) is 4.38. The van der Waals surface area contributed by atoms with Gasteiger partial charge in [0.1, 0.15) is 5.84 Å². The maximum absolute atomic E-state index is 11.4. The molecule has 0 radical (unpaired) electrons. The molecule has 6 heteroatoms. The van der Waals surface area contributed by atoms with Crippen molar-refractivity contribution in [2.24, 2.45) is 10.9 Å². The van der Waals surface area contributed by atoms with Crippen LogP contribution in [0.5, 0.6) is 0 Å². The molecule has 4 N–H and O–H groups in total. The lowest BCUT2D eigenvalue weighted by Crippen LogP contribution is -2.28. The average Bonchev–Trinajstić information content (AvgIpc) is 2.29. The van der Waals surface area contributed by atoms with Gasteiger partial charge in [-0.25, -0.2) is 0 Å². The third-order valence-electron chi connectivity index (χ3n) is 1.72. The van der Waals surface area contributed by atoms with Crippen molar-refractivity contribution in [1.29, 1.82) is 0 Å². The number of pyridine rings is 1. The van der Waals surface area contributed by atoms with Crippen molar-refractivity contribution in [3.05, 3.63) is 30.1 Å². The Kier molecular flexibility index (Phi) is 4.08. The van der Waals surface area contributed by atoms with E-state index in [0.717, 1.165) is 0 Å². The second-order valence-electron chi connectivity index (χ2n) is 2.84. The molecule has 0 aliphatic rings. The highest BCUT2D eigenvalue weighted by Crippen LogP contribution is 1.94. The lowest BCUT2D eigenvalue weighted by Gasteiger charge is -2.03. The van der Waals surface area contributed by atoms with Gasteiger partial charge in [0.05, 0.1) is 5.56 Å². The monoisotopic (exact) mass is 208 g/mol. The number of nitrogens with two attached hydrogens (primary N) is 1. The molecule has 1 amide bonds. The third kappa shape index (κ3) is 3.63. The van der Waals surface area contributed by atoms with Gasteiger partial charge in [-0.3, -0.25) is 9.78 Å². The number of aromatic nitrogens is 1. The van der Waals surface area contributed by atoms with Gasteiger partial charge in [-0.1, -0.05) is 5.16 Å². The average molecular weight is 208 g/mol. The highest BCUT2D eigenvalue weighted by atomic mass is 16.4. The maximum atomic E-state index is 11.4. The molecule has 1 rings (SSSR count). The van der Waals surface area contributed by atoms with Gasteiger partial charge < -0.3 is 16.3 Å². The van der Waals surface area contributed by atoms with Crippen LogP contribution in [0.2, 0.25) is 0 Å². The number of carbonyl (C=O) groups excluding carboxylic acids is 1. The van der Waals surface area contributed by atoms with Crippen LogP contribution in [-0.2, 0) is 0 Å². The Bertz CT molecular complexity index is 350. The molecule has 0 bridgehead atoms. The first-order chi connectivity index (χ1) is 7.24. The van der Waals surface area contributed by atoms with Gasteiger partial charge in [-0.15, -0.1) is 0 Å². The summed E-state index contributed by atoms with van der Waals surface area (Å²) in [4.78, 5) is 15.2. The highest BCUT2D eigenvalue weighted by molar-refractivity contribution is 5.94. The number of nitrogens with zero attached hydrogens (tertiary/aromatic N) is 2. The molecule has 80 valence electrons. The van der Waals surface area contributed by atoms with Crippen LogP contribution < -0.4 is 11.1 Å². The van der Waals surface area contributed by atoms with Crippen molar-refractivity contribution in [2.75, 3.05) is 6.54 Å². The number of nitrogens with one attached hydrogen (secondary N) is 1. The minimum absolute atomic E-state index is 0.0847. The zero-order valence-electron chi connectivity index (χ0n) is 8.05. The number of rotatable bonds is 4. The van der Waals surface area contributed by atoms with Crippen LogP contribution in [0.1, 0.15) is 16.8 Å². The van der Waals surface area contributed by atoms with Crippen molar-refractivity contribution in [2.45, 2.75) is 6.42 Å². The fourth-order valence-corrected chi connectivity index (χ4v) is 0.953. The Morgan fingerprint density at radius 1 is 1.67 bits per heavy atom. The summed E-state index contributed by atoms with van der Waals surface area (Å²) in [6.07, 6.45) is 3.37. The Balaban J connectivity index is 2.38. The molecule has 0 atom stereocenters. The second kappa shape index (κ2) is 5.58. The molecule has 0 spiro atoms.